The number of nitrogens with zero attached hydrogens (tertiary/aromatic N) is 4. The maximum Gasteiger partial charge on any atom is 0.278 e. The van der Waals surface area contributed by atoms with E-state index in [1.807, 2.05) is 17.9 Å². The van der Waals surface area contributed by atoms with Crippen molar-refractivity contribution in [2.75, 3.05) is 26.2 Å². The number of aromatic amines is 1. The molecular weight excluding hydrogens is 542 g/mol. The van der Waals surface area contributed by atoms with Crippen molar-refractivity contribution >= 4 is 17.3 Å². The number of hydrogen-bond acceptors (Lipinski definition) is 8. The molecule has 10 nitrogen and oxygen atoms in total. The number of benzene rings is 1. The Labute approximate surface area is 257 Å². The molecule has 0 saturated carbocycles. The fraction of sp³-hybridized carbons (Fsp3) is 0.606. The molecule has 0 aliphatic carbocycles. The van der Waals surface area contributed by atoms with Gasteiger partial charge in [-0.3, -0.25) is 14.6 Å². The monoisotopic (exact) mass is 593 g/mol. The molecule has 1 aromatic carbocycles. The van der Waals surface area contributed by atoms with E-state index in [1.54, 1.807) is 24.3 Å². The Bertz CT molecular complexity index is 1250. The van der Waals surface area contributed by atoms with Crippen LogP contribution in [0, 0.1) is 11.3 Å². The molecule has 2 aromatic rings. The topological polar surface area (TPSA) is 146 Å². The van der Waals surface area contributed by atoms with Crippen LogP contribution in [0.4, 0.5) is 11.4 Å². The highest BCUT2D eigenvalue weighted by atomic mass is 16.3. The molecule has 1 amide bonds. The number of carbonyl (C=O) groups is 1. The van der Waals surface area contributed by atoms with E-state index in [0.717, 1.165) is 58.0 Å². The number of aromatic hydroxyl groups is 1. The lowest BCUT2D eigenvalue weighted by molar-refractivity contribution is 0.0718. The summed E-state index contributed by atoms with van der Waals surface area (Å²) in [5.74, 6) is -0.621. The molecule has 0 fully saturated rings. The van der Waals surface area contributed by atoms with Crippen LogP contribution >= 0.6 is 0 Å². The van der Waals surface area contributed by atoms with E-state index in [1.165, 1.54) is 0 Å². The zero-order chi connectivity index (χ0) is 31.6. The van der Waals surface area contributed by atoms with Crippen molar-refractivity contribution < 1.29 is 9.90 Å². The van der Waals surface area contributed by atoms with Crippen molar-refractivity contribution in [3.8, 4) is 11.9 Å². The lowest BCUT2D eigenvalue weighted by Crippen LogP contribution is -2.49. The summed E-state index contributed by atoms with van der Waals surface area (Å²) < 4.78 is 0. The molecule has 0 saturated heterocycles. The largest absolute Gasteiger partial charge is 0.494 e. The Morgan fingerprint density at radius 3 is 2.07 bits per heavy atom. The zero-order valence-electron chi connectivity index (χ0n) is 26.7. The van der Waals surface area contributed by atoms with Gasteiger partial charge in [0.15, 0.2) is 5.69 Å². The summed E-state index contributed by atoms with van der Waals surface area (Å²) in [7, 11) is 0. The van der Waals surface area contributed by atoms with Crippen molar-refractivity contribution in [3.63, 3.8) is 0 Å². The lowest BCUT2D eigenvalue weighted by Gasteiger charge is -2.32. The number of amides is 1. The molecule has 2 atom stereocenters. The average molecular weight is 594 g/mol. The fourth-order valence-electron chi connectivity index (χ4n) is 4.88. The molecule has 0 spiro atoms. The summed E-state index contributed by atoms with van der Waals surface area (Å²) in [6.07, 6.45) is 8.07. The van der Waals surface area contributed by atoms with E-state index in [0.29, 0.717) is 42.7 Å². The first-order valence-electron chi connectivity index (χ1n) is 16.0. The van der Waals surface area contributed by atoms with E-state index < -0.39 is 11.4 Å². The molecule has 43 heavy (non-hydrogen) atoms. The van der Waals surface area contributed by atoms with Crippen LogP contribution in [0.15, 0.2) is 39.3 Å². The fourth-order valence-corrected chi connectivity index (χ4v) is 4.88. The Morgan fingerprint density at radius 1 is 0.953 bits per heavy atom. The summed E-state index contributed by atoms with van der Waals surface area (Å²) in [6.45, 7) is 13.5. The van der Waals surface area contributed by atoms with Crippen molar-refractivity contribution in [1.29, 1.82) is 5.26 Å². The summed E-state index contributed by atoms with van der Waals surface area (Å²) in [6, 6.07) is 9.29. The van der Waals surface area contributed by atoms with Gasteiger partial charge in [0.2, 0.25) is 5.88 Å². The van der Waals surface area contributed by atoms with Crippen LogP contribution in [-0.4, -0.2) is 59.2 Å². The van der Waals surface area contributed by atoms with Crippen LogP contribution in [0.25, 0.3) is 0 Å². The minimum absolute atomic E-state index is 0.0140. The first kappa shape index (κ1) is 35.6. The molecule has 4 N–H and O–H groups in total. The number of carbonyl (C=O) groups excluding carboxylic acids is 1. The third kappa shape index (κ3) is 10.9. The smallest absolute Gasteiger partial charge is 0.278 e. The Balaban J connectivity index is 2.48. The summed E-state index contributed by atoms with van der Waals surface area (Å²) >= 11 is 0. The van der Waals surface area contributed by atoms with Crippen LogP contribution in [0.1, 0.15) is 107 Å². The first-order valence-corrected chi connectivity index (χ1v) is 16.0. The predicted octanol–water partition coefficient (Wildman–Crippen LogP) is 6.49. The Morgan fingerprint density at radius 2 is 1.53 bits per heavy atom. The van der Waals surface area contributed by atoms with Gasteiger partial charge in [-0.15, -0.1) is 10.2 Å². The van der Waals surface area contributed by atoms with E-state index >= 15 is 0 Å². The van der Waals surface area contributed by atoms with Crippen LogP contribution in [-0.2, 0) is 6.42 Å². The highest BCUT2D eigenvalue weighted by molar-refractivity contribution is 5.99. The van der Waals surface area contributed by atoms with Crippen molar-refractivity contribution in [2.24, 2.45) is 10.2 Å². The minimum atomic E-state index is -0.635. The van der Waals surface area contributed by atoms with Gasteiger partial charge in [0.1, 0.15) is 11.6 Å². The lowest BCUT2D eigenvalue weighted by atomic mass is 10.0. The summed E-state index contributed by atoms with van der Waals surface area (Å²) in [5.41, 5.74) is 0.407. The third-order valence-electron chi connectivity index (χ3n) is 7.64. The molecule has 0 bridgehead atoms. The van der Waals surface area contributed by atoms with Crippen LogP contribution in [0.2, 0.25) is 0 Å². The Kier molecular flexibility index (Phi) is 16.2. The minimum Gasteiger partial charge on any atom is -0.494 e. The number of aromatic nitrogens is 1. The predicted molar refractivity (Wildman–Crippen MR) is 173 cm³/mol. The van der Waals surface area contributed by atoms with Gasteiger partial charge in [-0.2, -0.15) is 5.26 Å². The second-order valence-electron chi connectivity index (χ2n) is 11.0. The number of rotatable bonds is 20. The van der Waals surface area contributed by atoms with Gasteiger partial charge >= 0.3 is 0 Å². The SMILES string of the molecule is CCCCNC(CC)CN(CC(CC)NCCCC)C(=O)c1ccccc1N=Nc1c(CCCC)c(C#N)c(O)[nH]c1=O. The number of pyridine rings is 1. The molecule has 236 valence electrons. The highest BCUT2D eigenvalue weighted by Gasteiger charge is 2.25. The maximum absolute atomic E-state index is 14.2. The summed E-state index contributed by atoms with van der Waals surface area (Å²) in [5, 5.41) is 35.7. The average Bonchev–Trinajstić information content (AvgIpc) is 3.01. The molecule has 0 radical (unpaired) electrons. The van der Waals surface area contributed by atoms with Crippen molar-refractivity contribution in [1.82, 2.24) is 20.5 Å². The second kappa shape index (κ2) is 19.6. The molecule has 2 unspecified atom stereocenters. The molecule has 0 aliphatic heterocycles. The normalized spacial score (nSPS) is 12.7. The Hall–Kier alpha value is -3.55. The van der Waals surface area contributed by atoms with Gasteiger partial charge in [0, 0.05) is 30.7 Å². The quantitative estimate of drug-likeness (QED) is 0.102. The van der Waals surface area contributed by atoms with Gasteiger partial charge in [0.25, 0.3) is 11.5 Å². The van der Waals surface area contributed by atoms with Crippen molar-refractivity contribution in [2.45, 2.75) is 104 Å². The maximum atomic E-state index is 14.2. The number of nitrogens with one attached hydrogen (secondary N) is 3. The van der Waals surface area contributed by atoms with Gasteiger partial charge in [-0.25, -0.2) is 0 Å². The van der Waals surface area contributed by atoms with Crippen LogP contribution in [0.3, 0.4) is 0 Å². The molecule has 1 heterocycles. The second-order valence-corrected chi connectivity index (χ2v) is 11.0. The molecule has 0 aliphatic rings. The molecular formula is C33H51N7O3. The van der Waals surface area contributed by atoms with Gasteiger partial charge in [-0.1, -0.05) is 66.0 Å². The zero-order valence-corrected chi connectivity index (χ0v) is 26.7. The number of nitriles is 1. The van der Waals surface area contributed by atoms with Gasteiger partial charge < -0.3 is 20.6 Å². The third-order valence-corrected chi connectivity index (χ3v) is 7.64. The van der Waals surface area contributed by atoms with Crippen molar-refractivity contribution in [3.05, 3.63) is 51.3 Å². The number of hydrogen-bond donors (Lipinski definition) is 4. The highest BCUT2D eigenvalue weighted by Crippen LogP contribution is 2.29. The molecule has 1 aromatic heterocycles. The van der Waals surface area contributed by atoms with Crippen LogP contribution < -0.4 is 16.2 Å². The van der Waals surface area contributed by atoms with E-state index in [2.05, 4.69) is 53.5 Å². The van der Waals surface area contributed by atoms with E-state index in [9.17, 15) is 20.0 Å². The van der Waals surface area contributed by atoms with E-state index in [-0.39, 0.29) is 29.2 Å². The first-order chi connectivity index (χ1) is 20.8. The van der Waals surface area contributed by atoms with Crippen LogP contribution in [0.5, 0.6) is 5.88 Å². The number of H-pyrrole nitrogens is 1. The molecule has 2 rings (SSSR count). The summed E-state index contributed by atoms with van der Waals surface area (Å²) in [4.78, 5) is 31.2. The van der Waals surface area contributed by atoms with Gasteiger partial charge in [0.05, 0.1) is 11.3 Å². The molecule has 10 heteroatoms. The van der Waals surface area contributed by atoms with E-state index in [4.69, 9.17) is 0 Å². The number of azo groups is 1. The van der Waals surface area contributed by atoms with Gasteiger partial charge in [-0.05, 0) is 63.7 Å². The number of unbranched alkanes of at least 4 members (excludes halogenated alkanes) is 3. The standard InChI is InChI=1S/C33H51N7O3/c1-6-11-16-26-28(21-34)31(41)37-32(42)30(26)39-38-29-18-15-14-17-27(29)33(43)40(22-24(9-4)35-19-12-7-2)23-25(10-5)36-20-13-8-3/h14-15,17-18,24-25,35-36H,6-13,16,19-20,22-23H2,1-5H3,(H2,37,41,42).